The lowest BCUT2D eigenvalue weighted by molar-refractivity contribution is -0.387. The van der Waals surface area contributed by atoms with Crippen LogP contribution in [0, 0.1) is 15.9 Å². The SMILES string of the molecule is O=C(c1cc(Br)cc([N+](=O)[O-])c1F)N1CCN(C(=O)C(F)(F)F)CC1. The first-order valence-corrected chi connectivity index (χ1v) is 7.60. The highest BCUT2D eigenvalue weighted by Crippen LogP contribution is 2.27. The fourth-order valence-electron chi connectivity index (χ4n) is 2.33. The van der Waals surface area contributed by atoms with Gasteiger partial charge in [0.2, 0.25) is 5.82 Å². The van der Waals surface area contributed by atoms with Crippen molar-refractivity contribution in [2.75, 3.05) is 26.2 Å². The van der Waals surface area contributed by atoms with Crippen molar-refractivity contribution < 1.29 is 32.1 Å². The maximum atomic E-state index is 14.1. The number of nitro benzene ring substituents is 1. The molecule has 1 aliphatic heterocycles. The maximum absolute atomic E-state index is 14.1. The molecule has 0 aliphatic carbocycles. The number of benzene rings is 1. The first-order chi connectivity index (χ1) is 11.5. The summed E-state index contributed by atoms with van der Waals surface area (Å²) < 4.78 is 51.4. The summed E-state index contributed by atoms with van der Waals surface area (Å²) in [6.07, 6.45) is -5.01. The summed E-state index contributed by atoms with van der Waals surface area (Å²) in [4.78, 5) is 34.9. The van der Waals surface area contributed by atoms with Crippen LogP contribution in [0.25, 0.3) is 0 Å². The predicted molar refractivity (Wildman–Crippen MR) is 79.3 cm³/mol. The summed E-state index contributed by atoms with van der Waals surface area (Å²) in [6.45, 7) is -1.25. The summed E-state index contributed by atoms with van der Waals surface area (Å²) in [5.41, 5.74) is -1.47. The highest BCUT2D eigenvalue weighted by molar-refractivity contribution is 9.10. The van der Waals surface area contributed by atoms with Gasteiger partial charge < -0.3 is 9.80 Å². The second-order valence-corrected chi connectivity index (χ2v) is 6.04. The molecule has 1 fully saturated rings. The molecule has 1 aliphatic rings. The van der Waals surface area contributed by atoms with Crippen molar-refractivity contribution in [2.45, 2.75) is 6.18 Å². The average Bonchev–Trinajstić information content (AvgIpc) is 2.54. The molecule has 136 valence electrons. The Bertz CT molecular complexity index is 733. The number of amides is 2. The second kappa shape index (κ2) is 6.94. The first kappa shape index (κ1) is 19.1. The third-order valence-corrected chi connectivity index (χ3v) is 4.00. The van der Waals surface area contributed by atoms with E-state index in [-0.39, 0.29) is 30.7 Å². The van der Waals surface area contributed by atoms with Crippen LogP contribution in [0.4, 0.5) is 23.2 Å². The molecule has 0 N–H and O–H groups in total. The van der Waals surface area contributed by atoms with Crippen molar-refractivity contribution in [1.82, 2.24) is 9.80 Å². The molecular weight excluding hydrogens is 418 g/mol. The van der Waals surface area contributed by atoms with Crippen LogP contribution < -0.4 is 0 Å². The lowest BCUT2D eigenvalue weighted by Gasteiger charge is -2.35. The van der Waals surface area contributed by atoms with Gasteiger partial charge in [-0.05, 0) is 6.07 Å². The van der Waals surface area contributed by atoms with Crippen LogP contribution in [-0.2, 0) is 4.79 Å². The smallest absolute Gasteiger partial charge is 0.335 e. The topological polar surface area (TPSA) is 83.8 Å². The Morgan fingerprint density at radius 2 is 1.64 bits per heavy atom. The van der Waals surface area contributed by atoms with Gasteiger partial charge >= 0.3 is 17.8 Å². The highest BCUT2D eigenvalue weighted by Gasteiger charge is 2.43. The Balaban J connectivity index is 2.16. The zero-order chi connectivity index (χ0) is 18.9. The highest BCUT2D eigenvalue weighted by atomic mass is 79.9. The quantitative estimate of drug-likeness (QED) is 0.412. The van der Waals surface area contributed by atoms with E-state index in [9.17, 15) is 37.3 Å². The van der Waals surface area contributed by atoms with Gasteiger partial charge in [0, 0.05) is 36.7 Å². The van der Waals surface area contributed by atoms with Gasteiger partial charge in [-0.2, -0.15) is 17.6 Å². The van der Waals surface area contributed by atoms with E-state index < -0.39 is 40.0 Å². The van der Waals surface area contributed by atoms with E-state index in [1.54, 1.807) is 0 Å². The minimum Gasteiger partial charge on any atom is -0.335 e. The number of carbonyl (C=O) groups excluding carboxylic acids is 2. The predicted octanol–water partition coefficient (Wildman–Crippen LogP) is 2.34. The third kappa shape index (κ3) is 4.06. The summed E-state index contributed by atoms with van der Waals surface area (Å²) in [5.74, 6) is -4.24. The molecular formula is C13H10BrF4N3O4. The molecule has 1 aromatic rings. The van der Waals surface area contributed by atoms with Crippen molar-refractivity contribution in [2.24, 2.45) is 0 Å². The molecule has 2 rings (SSSR count). The number of piperazine rings is 1. The summed E-state index contributed by atoms with van der Waals surface area (Å²) in [6, 6.07) is 1.95. The monoisotopic (exact) mass is 427 g/mol. The van der Waals surface area contributed by atoms with Crippen LogP contribution in [0.2, 0.25) is 0 Å². The first-order valence-electron chi connectivity index (χ1n) is 6.81. The Labute approximate surface area is 146 Å². The zero-order valence-electron chi connectivity index (χ0n) is 12.3. The van der Waals surface area contributed by atoms with E-state index in [0.717, 1.165) is 17.0 Å². The number of hydrogen-bond donors (Lipinski definition) is 0. The van der Waals surface area contributed by atoms with Crippen molar-refractivity contribution in [3.63, 3.8) is 0 Å². The molecule has 1 aromatic carbocycles. The molecule has 12 heteroatoms. The lowest BCUT2D eigenvalue weighted by atomic mass is 10.1. The molecule has 1 heterocycles. The lowest BCUT2D eigenvalue weighted by Crippen LogP contribution is -2.53. The van der Waals surface area contributed by atoms with E-state index in [1.807, 2.05) is 0 Å². The van der Waals surface area contributed by atoms with Crippen molar-refractivity contribution in [3.8, 4) is 0 Å². The molecule has 0 saturated carbocycles. The number of alkyl halides is 3. The Morgan fingerprint density at radius 3 is 2.12 bits per heavy atom. The number of rotatable bonds is 2. The Morgan fingerprint density at radius 1 is 1.12 bits per heavy atom. The van der Waals surface area contributed by atoms with E-state index in [4.69, 9.17) is 0 Å². The van der Waals surface area contributed by atoms with E-state index >= 15 is 0 Å². The minimum atomic E-state index is -5.01. The fourth-order valence-corrected chi connectivity index (χ4v) is 2.77. The molecule has 0 atom stereocenters. The molecule has 1 saturated heterocycles. The standard InChI is InChI=1S/C13H10BrF4N3O4/c14-7-5-8(10(15)9(6-7)21(24)25)11(22)19-1-3-20(4-2-19)12(23)13(16,17)18/h5-6H,1-4H2. The number of halogens is 5. The summed E-state index contributed by atoms with van der Waals surface area (Å²) in [7, 11) is 0. The molecule has 0 radical (unpaired) electrons. The van der Waals surface area contributed by atoms with Crippen molar-refractivity contribution in [1.29, 1.82) is 0 Å². The maximum Gasteiger partial charge on any atom is 0.471 e. The van der Waals surface area contributed by atoms with Gasteiger partial charge in [0.1, 0.15) is 0 Å². The van der Waals surface area contributed by atoms with Gasteiger partial charge in [0.05, 0.1) is 10.5 Å². The van der Waals surface area contributed by atoms with Gasteiger partial charge in [-0.3, -0.25) is 19.7 Å². The van der Waals surface area contributed by atoms with Crippen molar-refractivity contribution in [3.05, 3.63) is 38.1 Å². The van der Waals surface area contributed by atoms with Crippen LogP contribution in [0.3, 0.4) is 0 Å². The van der Waals surface area contributed by atoms with Crippen LogP contribution >= 0.6 is 15.9 Å². The fraction of sp³-hybridized carbons (Fsp3) is 0.385. The third-order valence-electron chi connectivity index (χ3n) is 3.54. The Hall–Kier alpha value is -2.24. The molecule has 0 unspecified atom stereocenters. The van der Waals surface area contributed by atoms with Crippen LogP contribution in [0.5, 0.6) is 0 Å². The molecule has 7 nitrogen and oxygen atoms in total. The average molecular weight is 428 g/mol. The number of nitro groups is 1. The molecule has 0 aromatic heterocycles. The van der Waals surface area contributed by atoms with E-state index in [0.29, 0.717) is 4.90 Å². The number of hydrogen-bond acceptors (Lipinski definition) is 4. The van der Waals surface area contributed by atoms with E-state index in [1.165, 1.54) is 0 Å². The van der Waals surface area contributed by atoms with Crippen LogP contribution in [-0.4, -0.2) is 58.9 Å². The Kier molecular flexibility index (Phi) is 5.30. The van der Waals surface area contributed by atoms with Gasteiger partial charge in [-0.25, -0.2) is 0 Å². The second-order valence-electron chi connectivity index (χ2n) is 5.13. The number of nitrogens with zero attached hydrogens (tertiary/aromatic N) is 3. The summed E-state index contributed by atoms with van der Waals surface area (Å²) in [5, 5.41) is 10.8. The molecule has 0 spiro atoms. The summed E-state index contributed by atoms with van der Waals surface area (Å²) >= 11 is 2.94. The van der Waals surface area contributed by atoms with Crippen LogP contribution in [0.15, 0.2) is 16.6 Å². The minimum absolute atomic E-state index is 0.106. The van der Waals surface area contributed by atoms with Gasteiger partial charge in [-0.1, -0.05) is 15.9 Å². The van der Waals surface area contributed by atoms with Gasteiger partial charge in [0.25, 0.3) is 5.91 Å². The zero-order valence-corrected chi connectivity index (χ0v) is 13.9. The molecule has 0 bridgehead atoms. The van der Waals surface area contributed by atoms with Crippen LogP contribution in [0.1, 0.15) is 10.4 Å². The molecule has 2 amide bonds. The van der Waals surface area contributed by atoms with E-state index in [2.05, 4.69) is 15.9 Å². The normalized spacial score (nSPS) is 15.2. The van der Waals surface area contributed by atoms with Crippen molar-refractivity contribution >= 4 is 33.4 Å². The number of carbonyl (C=O) groups is 2. The van der Waals surface area contributed by atoms with Gasteiger partial charge in [0.15, 0.2) is 0 Å². The van der Waals surface area contributed by atoms with Gasteiger partial charge in [-0.15, -0.1) is 0 Å². The molecule has 25 heavy (non-hydrogen) atoms. The largest absolute Gasteiger partial charge is 0.471 e.